The number of imidazole rings is 1. The van der Waals surface area contributed by atoms with Crippen molar-refractivity contribution in [3.8, 4) is 11.3 Å². The summed E-state index contributed by atoms with van der Waals surface area (Å²) in [5, 5.41) is 34.2. The average Bonchev–Trinajstić information content (AvgIpc) is 1.87. The van der Waals surface area contributed by atoms with E-state index in [1.54, 1.807) is 36.7 Å². The average molecular weight is 1220 g/mol. The van der Waals surface area contributed by atoms with Crippen molar-refractivity contribution in [1.82, 2.24) is 45.9 Å². The number of nitrogens with zero attached hydrogens (tertiary/aromatic N) is 4. The number of likely N-dealkylation sites (tertiary alicyclic amines) is 1. The fourth-order valence-electron chi connectivity index (χ4n) is 9.33. The maximum absolute atomic E-state index is 15.2. The number of halogens is 2. The molecule has 1 aliphatic rings. The molecule has 1 aromatic heterocycles. The number of aliphatic carboxylic acids is 1. The summed E-state index contributed by atoms with van der Waals surface area (Å²) < 4.78 is 31.4. The standard InChI is InChI=1S/C58H77F2N13O12S/c1-33(2)49(54(81)69-42(12-9-21-66-57(63)85)53(80)67-37-16-13-34(14-17-37)26-46(76)64-23-25-73-47(77)28-44(55(73)82)86-32-41(62)56(83)84)70-45(75)19-22-65-52(79)40(61)20-24-72(48(78)31-74)50(58(3,4)5)51-68-43(38-27-36(59)15-18-39(38)60)30-71(51)29-35-10-7-6-8-11-35/h6-8,10-11,13-18,27,30,33,40-42,44,49-50,74H,9,12,19-26,28-29,31-32,61-62H2,1-5H3,(H,64,76)(H,65,79)(H,67,80)(H,69,81)(H,70,75)(H,83,84)(H3,63,66,85)/t40-,41-,42-,44?,49?,50-/m0/s1. The molecule has 4 aromatic rings. The van der Waals surface area contributed by atoms with Gasteiger partial charge in [-0.15, -0.1) is 11.8 Å². The number of urea groups is 1. The Morgan fingerprint density at radius 3 is 2.16 bits per heavy atom. The number of anilines is 1. The van der Waals surface area contributed by atoms with Crippen LogP contribution in [0, 0.1) is 23.0 Å². The quantitative estimate of drug-likeness (QED) is 0.0245. The zero-order valence-corrected chi connectivity index (χ0v) is 49.4. The van der Waals surface area contributed by atoms with Crippen LogP contribution in [0.3, 0.4) is 0 Å². The number of amides is 10. The first kappa shape index (κ1) is 68.4. The second-order valence-corrected chi connectivity index (χ2v) is 23.3. The Hall–Kier alpha value is -8.34. The van der Waals surface area contributed by atoms with E-state index >= 15 is 4.39 Å². The Labute approximate surface area is 500 Å². The molecule has 6 atom stereocenters. The van der Waals surface area contributed by atoms with E-state index in [-0.39, 0.29) is 94.8 Å². The van der Waals surface area contributed by atoms with Crippen LogP contribution >= 0.6 is 11.8 Å². The lowest BCUT2D eigenvalue weighted by molar-refractivity contribution is -0.140. The minimum Gasteiger partial charge on any atom is -0.480 e. The van der Waals surface area contributed by atoms with E-state index in [0.29, 0.717) is 17.1 Å². The van der Waals surface area contributed by atoms with Gasteiger partial charge in [0.05, 0.1) is 29.4 Å². The summed E-state index contributed by atoms with van der Waals surface area (Å²) in [6, 6.07) is 12.0. The number of nitrogens with one attached hydrogen (secondary N) is 6. The van der Waals surface area contributed by atoms with Gasteiger partial charge in [-0.1, -0.05) is 77.1 Å². The Kier molecular flexibility index (Phi) is 25.7. The lowest BCUT2D eigenvalue weighted by Crippen LogP contribution is -2.55. The summed E-state index contributed by atoms with van der Waals surface area (Å²) in [6.07, 6.45) is 1.16. The van der Waals surface area contributed by atoms with Crippen LogP contribution in [0.15, 0.2) is 79.0 Å². The second kappa shape index (κ2) is 32.2. The Morgan fingerprint density at radius 1 is 0.826 bits per heavy atom. The Balaban J connectivity index is 1.15. The zero-order valence-electron chi connectivity index (χ0n) is 48.6. The Bertz CT molecular complexity index is 3060. The number of carbonyl (C=O) groups excluding carboxylic acids is 9. The summed E-state index contributed by atoms with van der Waals surface area (Å²) in [5.41, 5.74) is 18.0. The molecule has 1 aliphatic heterocycles. The highest BCUT2D eigenvalue weighted by atomic mass is 32.2. The van der Waals surface area contributed by atoms with Crippen LogP contribution in [0.1, 0.15) is 89.7 Å². The first-order valence-electron chi connectivity index (χ1n) is 27.9. The molecular weight excluding hydrogens is 1140 g/mol. The van der Waals surface area contributed by atoms with Crippen LogP contribution in [-0.2, 0) is 56.1 Å². The number of imide groups is 1. The predicted molar refractivity (Wildman–Crippen MR) is 315 cm³/mol. The number of carboxylic acids is 1. The van der Waals surface area contributed by atoms with Gasteiger partial charge >= 0.3 is 12.0 Å². The molecule has 28 heteroatoms. The van der Waals surface area contributed by atoms with Crippen molar-refractivity contribution < 1.29 is 66.9 Å². The monoisotopic (exact) mass is 1220 g/mol. The van der Waals surface area contributed by atoms with Crippen LogP contribution in [0.5, 0.6) is 0 Å². The highest BCUT2D eigenvalue weighted by molar-refractivity contribution is 8.00. The third-order valence-electron chi connectivity index (χ3n) is 13.8. The zero-order chi connectivity index (χ0) is 63.4. The van der Waals surface area contributed by atoms with E-state index in [2.05, 4.69) is 31.9 Å². The molecule has 0 aliphatic carbocycles. The van der Waals surface area contributed by atoms with E-state index in [1.807, 2.05) is 51.1 Å². The highest BCUT2D eigenvalue weighted by Gasteiger charge is 2.40. The lowest BCUT2D eigenvalue weighted by Gasteiger charge is -2.40. The van der Waals surface area contributed by atoms with Crippen molar-refractivity contribution in [1.29, 1.82) is 0 Å². The molecule has 0 radical (unpaired) electrons. The minimum absolute atomic E-state index is 0.0222. The van der Waals surface area contributed by atoms with Gasteiger partial charge in [0.25, 0.3) is 0 Å². The number of aliphatic hydroxyl groups is 1. The van der Waals surface area contributed by atoms with Crippen molar-refractivity contribution in [2.24, 2.45) is 28.5 Å². The van der Waals surface area contributed by atoms with Gasteiger partial charge in [-0.3, -0.25) is 48.1 Å². The lowest BCUT2D eigenvalue weighted by atomic mass is 9.84. The van der Waals surface area contributed by atoms with Gasteiger partial charge in [-0.2, -0.15) is 0 Å². The number of hydrogen-bond donors (Lipinski definition) is 11. The van der Waals surface area contributed by atoms with Gasteiger partial charge in [0.1, 0.15) is 42.2 Å². The molecule has 0 saturated carbocycles. The molecule has 466 valence electrons. The van der Waals surface area contributed by atoms with E-state index in [9.17, 15) is 57.4 Å². The van der Waals surface area contributed by atoms with Gasteiger partial charge in [0, 0.05) is 75.3 Å². The number of aliphatic hydroxyl groups excluding tert-OH is 1. The van der Waals surface area contributed by atoms with Crippen molar-refractivity contribution in [2.75, 3.05) is 50.4 Å². The molecule has 3 aromatic carbocycles. The van der Waals surface area contributed by atoms with Gasteiger partial charge in [0.15, 0.2) is 0 Å². The second-order valence-electron chi connectivity index (χ2n) is 22.0. The number of thioether (sulfide) groups is 1. The molecule has 5 rings (SSSR count). The smallest absolute Gasteiger partial charge is 0.321 e. The predicted octanol–water partition coefficient (Wildman–Crippen LogP) is 1.65. The maximum Gasteiger partial charge on any atom is 0.321 e. The number of carboxylic acid groups (broad SMARTS) is 1. The third-order valence-corrected chi connectivity index (χ3v) is 15.1. The van der Waals surface area contributed by atoms with E-state index in [1.165, 1.54) is 17.0 Å². The topological polar surface area (TPSA) is 386 Å². The van der Waals surface area contributed by atoms with Gasteiger partial charge in [0.2, 0.25) is 47.3 Å². The summed E-state index contributed by atoms with van der Waals surface area (Å²) in [5.74, 6) is -7.63. The van der Waals surface area contributed by atoms with Gasteiger partial charge < -0.3 is 68.8 Å². The summed E-state index contributed by atoms with van der Waals surface area (Å²) in [6.45, 7) is 7.76. The fraction of sp³-hybridized carbons (Fsp3) is 0.466. The van der Waals surface area contributed by atoms with Gasteiger partial charge in [-0.05, 0) is 72.1 Å². The van der Waals surface area contributed by atoms with Crippen LogP contribution in [0.2, 0.25) is 0 Å². The molecule has 2 heterocycles. The van der Waals surface area contributed by atoms with Crippen LogP contribution in [0.4, 0.5) is 19.3 Å². The molecule has 1 fully saturated rings. The molecular formula is C58H77F2N13O12S. The van der Waals surface area contributed by atoms with Crippen LogP contribution < -0.4 is 49.1 Å². The summed E-state index contributed by atoms with van der Waals surface area (Å²) in [7, 11) is 0. The largest absolute Gasteiger partial charge is 0.480 e. The molecule has 10 amide bonds. The maximum atomic E-state index is 15.2. The van der Waals surface area contributed by atoms with Crippen molar-refractivity contribution >= 4 is 76.7 Å². The number of hydrogen-bond acceptors (Lipinski definition) is 15. The van der Waals surface area contributed by atoms with Crippen molar-refractivity contribution in [3.63, 3.8) is 0 Å². The summed E-state index contributed by atoms with van der Waals surface area (Å²) >= 11 is 0.986. The van der Waals surface area contributed by atoms with E-state index in [4.69, 9.17) is 27.3 Å². The number of aromatic nitrogens is 2. The number of carbonyl (C=O) groups is 10. The van der Waals surface area contributed by atoms with E-state index < -0.39 is 124 Å². The number of benzene rings is 3. The highest BCUT2D eigenvalue weighted by Crippen LogP contribution is 2.40. The first-order valence-corrected chi connectivity index (χ1v) is 29.0. The summed E-state index contributed by atoms with van der Waals surface area (Å²) in [4.78, 5) is 136. The number of primary amides is 1. The van der Waals surface area contributed by atoms with Crippen molar-refractivity contribution in [2.45, 2.75) is 115 Å². The van der Waals surface area contributed by atoms with Crippen LogP contribution in [0.25, 0.3) is 11.3 Å². The minimum atomic E-state index is -1.23. The molecule has 2 unspecified atom stereocenters. The Morgan fingerprint density at radius 2 is 1.52 bits per heavy atom. The van der Waals surface area contributed by atoms with E-state index in [0.717, 1.165) is 40.4 Å². The molecule has 0 bridgehead atoms. The third kappa shape index (κ3) is 20.4. The molecule has 25 nitrogen and oxygen atoms in total. The number of rotatable bonds is 32. The van der Waals surface area contributed by atoms with Crippen molar-refractivity contribution in [3.05, 3.63) is 108 Å². The van der Waals surface area contributed by atoms with Gasteiger partial charge in [-0.25, -0.2) is 18.6 Å². The van der Waals surface area contributed by atoms with Crippen LogP contribution in [-0.4, -0.2) is 163 Å². The number of nitrogens with two attached hydrogens (primary N) is 3. The first-order chi connectivity index (χ1) is 40.7. The molecule has 0 spiro atoms. The molecule has 14 N–H and O–H groups in total. The normalized spacial score (nSPS) is 15.0. The molecule has 86 heavy (non-hydrogen) atoms. The SMILES string of the molecule is CC(C)C(NC(=O)CCNC(=O)[C@@H](N)CCN(C(=O)CO)[C@@H](c1nc(-c2cc(F)ccc2F)cn1Cc1ccccc1)C(C)(C)C)C(=O)N[C@@H](CCCNC(N)=O)C(=O)Nc1ccc(CC(=O)NCCN2C(=O)CC(SC[C@H](N)C(=O)O)C2=O)cc1. The molecule has 1 saturated heterocycles. The fourth-order valence-corrected chi connectivity index (χ4v) is 10.4.